The van der Waals surface area contributed by atoms with E-state index in [2.05, 4.69) is 262 Å². The van der Waals surface area contributed by atoms with Gasteiger partial charge in [0.25, 0.3) is 0 Å². The number of aryl methyl sites for hydroxylation is 8. The molecule has 1 nitrogen and oxygen atoms in total. The molecule has 0 amide bonds. The molecule has 79 heavy (non-hydrogen) atoms. The summed E-state index contributed by atoms with van der Waals surface area (Å²) in [4.78, 5) is 2.32. The third-order valence-electron chi connectivity index (χ3n) is 17.3. The van der Waals surface area contributed by atoms with Crippen LogP contribution in [0.2, 0.25) is 0 Å². The number of fused-ring (bicyclic) bond motifs is 3. The molecule has 0 fully saturated rings. The maximum absolute atomic E-state index is 2.53. The Balaban J connectivity index is 0.000000212. The van der Waals surface area contributed by atoms with Gasteiger partial charge in [-0.05, 0) is 202 Å². The number of rotatable bonds is 21. The van der Waals surface area contributed by atoms with Crippen molar-refractivity contribution in [2.45, 2.75) is 237 Å². The molecule has 0 saturated heterocycles. The van der Waals surface area contributed by atoms with E-state index in [9.17, 15) is 0 Å². The third kappa shape index (κ3) is 18.2. The van der Waals surface area contributed by atoms with Crippen LogP contribution in [0.15, 0.2) is 140 Å². The lowest BCUT2D eigenvalue weighted by Gasteiger charge is -2.33. The largest absolute Gasteiger partial charge is 0.311 e. The molecular weight excluding hydrogens is 951 g/mol. The highest BCUT2D eigenvalue weighted by Gasteiger charge is 2.42. The van der Waals surface area contributed by atoms with Crippen LogP contribution in [-0.2, 0) is 5.41 Å². The van der Waals surface area contributed by atoms with Gasteiger partial charge in [-0.3, -0.25) is 0 Å². The molecule has 424 valence electrons. The van der Waals surface area contributed by atoms with E-state index in [0.29, 0.717) is 17.8 Å². The Morgan fingerprint density at radius 3 is 1.08 bits per heavy atom. The summed E-state index contributed by atoms with van der Waals surface area (Å²) < 4.78 is 0. The number of benzene rings is 7. The van der Waals surface area contributed by atoms with Crippen LogP contribution in [0.3, 0.4) is 0 Å². The molecule has 7 aromatic carbocycles. The highest BCUT2D eigenvalue weighted by molar-refractivity contribution is 5.82. The molecule has 8 rings (SSSR count). The molecular formula is C78H107N. The quantitative estimate of drug-likeness (QED) is 0.0649. The van der Waals surface area contributed by atoms with Gasteiger partial charge in [-0.1, -0.05) is 258 Å². The molecule has 0 bridgehead atoms. The highest BCUT2D eigenvalue weighted by Crippen LogP contribution is 2.54. The SMILES string of the molecule is CCC(C)c1ccc(N(c2ccc(C)cc2)c2ccc(C)cc2)cc1.CCCCCCCCC1(CCCCCCCC)c2cc(C)ccc2-c2ccc(C)cc21.Cc1cc(C(C)C)c(C)cc1C(C)C.Cc1cccc(C)c1C. The van der Waals surface area contributed by atoms with Crippen LogP contribution < -0.4 is 4.90 Å². The van der Waals surface area contributed by atoms with Crippen LogP contribution in [0, 0.1) is 62.3 Å². The fraction of sp³-hybridized carbons (Fsp3) is 0.462. The Morgan fingerprint density at radius 2 is 0.722 bits per heavy atom. The van der Waals surface area contributed by atoms with Gasteiger partial charge in [0.05, 0.1) is 0 Å². The third-order valence-corrected chi connectivity index (χ3v) is 17.3. The first-order chi connectivity index (χ1) is 37.8. The fourth-order valence-electron chi connectivity index (χ4n) is 11.8. The Hall–Kier alpha value is -5.66. The average Bonchev–Trinajstić information content (AvgIpc) is 3.83. The van der Waals surface area contributed by atoms with E-state index >= 15 is 0 Å². The van der Waals surface area contributed by atoms with E-state index in [-0.39, 0.29) is 5.41 Å². The molecule has 0 spiro atoms. The Kier molecular flexibility index (Phi) is 26.0. The monoisotopic (exact) mass is 1060 g/mol. The zero-order valence-electron chi connectivity index (χ0n) is 53.1. The first-order valence-electron chi connectivity index (χ1n) is 31.2. The van der Waals surface area contributed by atoms with Crippen LogP contribution in [0.5, 0.6) is 0 Å². The topological polar surface area (TPSA) is 3.24 Å². The molecule has 0 saturated carbocycles. The van der Waals surface area contributed by atoms with Gasteiger partial charge in [-0.2, -0.15) is 0 Å². The van der Waals surface area contributed by atoms with Crippen molar-refractivity contribution < 1.29 is 0 Å². The zero-order chi connectivity index (χ0) is 57.6. The number of anilines is 3. The minimum absolute atomic E-state index is 0.234. The van der Waals surface area contributed by atoms with Crippen molar-refractivity contribution in [1.82, 2.24) is 0 Å². The Morgan fingerprint density at radius 1 is 0.367 bits per heavy atom. The van der Waals surface area contributed by atoms with Crippen molar-refractivity contribution in [2.24, 2.45) is 0 Å². The van der Waals surface area contributed by atoms with Crippen molar-refractivity contribution in [2.75, 3.05) is 4.90 Å². The molecule has 0 aliphatic heterocycles. The second kappa shape index (κ2) is 32.0. The fourth-order valence-corrected chi connectivity index (χ4v) is 11.8. The van der Waals surface area contributed by atoms with Gasteiger partial charge in [0.1, 0.15) is 0 Å². The molecule has 0 radical (unpaired) electrons. The Bertz CT molecular complexity index is 2720. The minimum Gasteiger partial charge on any atom is -0.311 e. The van der Waals surface area contributed by atoms with Gasteiger partial charge in [0, 0.05) is 22.5 Å². The normalized spacial score (nSPS) is 12.4. The molecule has 1 unspecified atom stereocenters. The first-order valence-corrected chi connectivity index (χ1v) is 31.2. The summed E-state index contributed by atoms with van der Waals surface area (Å²) in [7, 11) is 0. The van der Waals surface area contributed by atoms with Crippen molar-refractivity contribution >= 4 is 17.1 Å². The van der Waals surface area contributed by atoms with Gasteiger partial charge in [-0.25, -0.2) is 0 Å². The molecule has 0 heterocycles. The van der Waals surface area contributed by atoms with Gasteiger partial charge in [0.2, 0.25) is 0 Å². The number of unbranched alkanes of at least 4 members (excludes halogenated alkanes) is 10. The van der Waals surface area contributed by atoms with Gasteiger partial charge >= 0.3 is 0 Å². The summed E-state index contributed by atoms with van der Waals surface area (Å²) in [6, 6.07) is 52.0. The Labute approximate surface area is 485 Å². The molecule has 1 heteroatoms. The van der Waals surface area contributed by atoms with Gasteiger partial charge in [0.15, 0.2) is 0 Å². The lowest BCUT2D eigenvalue weighted by atomic mass is 9.70. The number of nitrogens with zero attached hydrogens (tertiary/aromatic N) is 1. The minimum atomic E-state index is 0.234. The van der Waals surface area contributed by atoms with Crippen LogP contribution >= 0.6 is 0 Å². The summed E-state index contributed by atoms with van der Waals surface area (Å²) in [6.45, 7) is 37.9. The summed E-state index contributed by atoms with van der Waals surface area (Å²) in [5.41, 5.74) is 26.9. The van der Waals surface area contributed by atoms with Crippen molar-refractivity contribution in [3.63, 3.8) is 0 Å². The summed E-state index contributed by atoms with van der Waals surface area (Å²) in [5.74, 6) is 1.87. The van der Waals surface area contributed by atoms with E-state index in [0.717, 1.165) is 0 Å². The summed E-state index contributed by atoms with van der Waals surface area (Å²) >= 11 is 0. The zero-order valence-corrected chi connectivity index (χ0v) is 53.1. The molecule has 7 aromatic rings. The molecule has 1 atom stereocenters. The molecule has 0 N–H and O–H groups in total. The predicted molar refractivity (Wildman–Crippen MR) is 352 cm³/mol. The van der Waals surface area contributed by atoms with E-state index in [1.54, 1.807) is 11.1 Å². The van der Waals surface area contributed by atoms with Crippen LogP contribution in [-0.4, -0.2) is 0 Å². The highest BCUT2D eigenvalue weighted by atomic mass is 15.1. The van der Waals surface area contributed by atoms with Gasteiger partial charge in [-0.15, -0.1) is 0 Å². The molecule has 1 aliphatic carbocycles. The summed E-state index contributed by atoms with van der Waals surface area (Å²) in [6.07, 6.45) is 20.4. The van der Waals surface area contributed by atoms with Gasteiger partial charge < -0.3 is 4.90 Å². The van der Waals surface area contributed by atoms with Crippen LogP contribution in [0.4, 0.5) is 17.1 Å². The van der Waals surface area contributed by atoms with E-state index in [1.807, 2.05) is 0 Å². The number of hydrogen-bond donors (Lipinski definition) is 0. The van der Waals surface area contributed by atoms with E-state index in [1.165, 1.54) is 191 Å². The predicted octanol–water partition coefficient (Wildman–Crippen LogP) is 24.5. The van der Waals surface area contributed by atoms with Crippen molar-refractivity contribution in [1.29, 1.82) is 0 Å². The second-order valence-electron chi connectivity index (χ2n) is 24.5. The molecule has 1 aliphatic rings. The van der Waals surface area contributed by atoms with E-state index < -0.39 is 0 Å². The number of hydrogen-bond acceptors (Lipinski definition) is 1. The summed E-state index contributed by atoms with van der Waals surface area (Å²) in [5, 5.41) is 0. The van der Waals surface area contributed by atoms with Crippen LogP contribution in [0.1, 0.15) is 247 Å². The average molecular weight is 1060 g/mol. The van der Waals surface area contributed by atoms with E-state index in [4.69, 9.17) is 0 Å². The maximum atomic E-state index is 2.53. The lowest BCUT2D eigenvalue weighted by molar-refractivity contribution is 0.397. The maximum Gasteiger partial charge on any atom is 0.0461 e. The van der Waals surface area contributed by atoms with Crippen molar-refractivity contribution in [3.8, 4) is 11.1 Å². The van der Waals surface area contributed by atoms with Crippen molar-refractivity contribution in [3.05, 3.63) is 217 Å². The second-order valence-corrected chi connectivity index (χ2v) is 24.5. The van der Waals surface area contributed by atoms with Crippen LogP contribution in [0.25, 0.3) is 11.1 Å². The standard InChI is InChI=1S/C31H46.C24H27N.C14H22.C9H12/c1-5-7-9-11-13-15-21-31(22-16-14-12-10-8-6-2)29-23-25(3)17-19-27(29)28-20-18-26(4)24-30(28)31;1-5-20(4)21-10-16-24(17-11-21)25(22-12-6-18(2)7-13-22)23-14-8-19(3)9-15-23;1-9(2)13-7-12(6)14(10(3)4)8-11(13)5;1-7-5-4-6-8(2)9(7)3/h17-20,23-24H,5-16,21-22H2,1-4H3;6-17,20H,5H2,1-4H3;7-10H,1-6H3;4-6H,1-3H3. The first kappa shape index (κ1) is 64.2. The lowest BCUT2D eigenvalue weighted by Crippen LogP contribution is -2.25. The molecule has 0 aromatic heterocycles. The smallest absolute Gasteiger partial charge is 0.0461 e.